The number of rotatable bonds is 14. The largest absolute Gasteiger partial charge is 0.508 e. The number of nitrogens with one attached hydrogen (secondary N) is 3. The zero-order valence-corrected chi connectivity index (χ0v) is 20.3. The van der Waals surface area contributed by atoms with Crippen LogP contribution in [0, 0.1) is 11.8 Å². The van der Waals surface area contributed by atoms with Gasteiger partial charge in [-0.1, -0.05) is 39.8 Å². The summed E-state index contributed by atoms with van der Waals surface area (Å²) in [7, 11) is 0. The fraction of sp³-hybridized carbons (Fsp3) is 0.583. The first-order chi connectivity index (χ1) is 15.9. The molecule has 190 valence electrons. The summed E-state index contributed by atoms with van der Waals surface area (Å²) in [5, 5.41) is 26.9. The summed E-state index contributed by atoms with van der Waals surface area (Å²) < 4.78 is 0. The molecule has 0 fully saturated rings. The van der Waals surface area contributed by atoms with Crippen molar-refractivity contribution in [2.45, 2.75) is 71.5 Å². The molecule has 0 saturated heterocycles. The maximum absolute atomic E-state index is 13.1. The molecule has 0 spiro atoms. The van der Waals surface area contributed by atoms with Crippen LogP contribution in [-0.4, -0.2) is 58.6 Å². The predicted octanol–water partition coefficient (Wildman–Crippen LogP) is 0.915. The molecule has 3 atom stereocenters. The molecule has 0 aliphatic carbocycles. The normalized spacial score (nSPS) is 13.7. The Bertz CT molecular complexity index is 825. The molecule has 34 heavy (non-hydrogen) atoms. The summed E-state index contributed by atoms with van der Waals surface area (Å²) in [5.41, 5.74) is 6.08. The summed E-state index contributed by atoms with van der Waals surface area (Å²) in [6, 6.07) is 3.06. The molecule has 0 heterocycles. The second kappa shape index (κ2) is 14.2. The van der Waals surface area contributed by atoms with E-state index in [9.17, 15) is 29.4 Å². The van der Waals surface area contributed by atoms with E-state index < -0.39 is 35.9 Å². The maximum atomic E-state index is 13.1. The third kappa shape index (κ3) is 10.7. The third-order valence-electron chi connectivity index (χ3n) is 5.06. The lowest BCUT2D eigenvalue weighted by Gasteiger charge is -2.26. The van der Waals surface area contributed by atoms with Gasteiger partial charge in [0.15, 0.2) is 0 Å². The first-order valence-electron chi connectivity index (χ1n) is 11.5. The fourth-order valence-corrected chi connectivity index (χ4v) is 3.42. The van der Waals surface area contributed by atoms with E-state index in [1.807, 2.05) is 27.7 Å². The summed E-state index contributed by atoms with van der Waals surface area (Å²) in [6.07, 6.45) is 0.707. The molecule has 1 rings (SSSR count). The number of aromatic hydroxyl groups is 1. The van der Waals surface area contributed by atoms with E-state index in [-0.39, 0.29) is 49.3 Å². The number of amides is 3. The lowest BCUT2D eigenvalue weighted by atomic mass is 10.00. The van der Waals surface area contributed by atoms with Crippen LogP contribution in [0.15, 0.2) is 24.3 Å². The zero-order chi connectivity index (χ0) is 25.8. The first kappa shape index (κ1) is 28.9. The van der Waals surface area contributed by atoms with Crippen molar-refractivity contribution in [1.29, 1.82) is 0 Å². The van der Waals surface area contributed by atoms with Gasteiger partial charge >= 0.3 is 5.97 Å². The molecule has 0 aromatic heterocycles. The van der Waals surface area contributed by atoms with Gasteiger partial charge in [0, 0.05) is 19.4 Å². The molecular formula is C24H38N4O6. The molecule has 7 N–H and O–H groups in total. The van der Waals surface area contributed by atoms with Gasteiger partial charge in [-0.15, -0.1) is 0 Å². The summed E-state index contributed by atoms with van der Waals surface area (Å²) in [4.78, 5) is 49.9. The van der Waals surface area contributed by atoms with Gasteiger partial charge in [0.2, 0.25) is 17.7 Å². The summed E-state index contributed by atoms with van der Waals surface area (Å²) >= 11 is 0. The molecule has 0 bridgehead atoms. The number of hydrogen-bond acceptors (Lipinski definition) is 6. The van der Waals surface area contributed by atoms with Crippen LogP contribution in [0.2, 0.25) is 0 Å². The summed E-state index contributed by atoms with van der Waals surface area (Å²) in [5.74, 6) is -2.56. The number of phenolic OH excluding ortho intramolecular Hbond substituents is 1. The number of phenols is 1. The minimum Gasteiger partial charge on any atom is -0.508 e. The van der Waals surface area contributed by atoms with Crippen LogP contribution in [-0.2, 0) is 25.6 Å². The molecule has 0 saturated carbocycles. The van der Waals surface area contributed by atoms with Crippen LogP contribution >= 0.6 is 0 Å². The Morgan fingerprint density at radius 2 is 1.32 bits per heavy atom. The van der Waals surface area contributed by atoms with E-state index in [0.29, 0.717) is 12.0 Å². The Kier molecular flexibility index (Phi) is 12.1. The Hall–Kier alpha value is -3.14. The number of carbonyl (C=O) groups excluding carboxylic acids is 3. The van der Waals surface area contributed by atoms with E-state index in [4.69, 9.17) is 5.73 Å². The van der Waals surface area contributed by atoms with E-state index in [1.165, 1.54) is 12.1 Å². The van der Waals surface area contributed by atoms with Crippen molar-refractivity contribution in [2.75, 3.05) is 6.54 Å². The van der Waals surface area contributed by atoms with Crippen molar-refractivity contribution in [3.8, 4) is 5.75 Å². The second-order valence-corrected chi connectivity index (χ2v) is 9.25. The second-order valence-electron chi connectivity index (χ2n) is 9.25. The average molecular weight is 479 g/mol. The Morgan fingerprint density at radius 1 is 0.824 bits per heavy atom. The highest BCUT2D eigenvalue weighted by molar-refractivity contribution is 5.93. The van der Waals surface area contributed by atoms with Crippen molar-refractivity contribution in [3.63, 3.8) is 0 Å². The SMILES string of the molecule is CC(C)C[C@H](NC(=O)[C@H](Cc1ccc(O)cc1)NC(=O)[C@H](CC(C)C)NC(=O)CCN)C(=O)O. The highest BCUT2D eigenvalue weighted by Gasteiger charge is 2.30. The first-order valence-corrected chi connectivity index (χ1v) is 11.5. The van der Waals surface area contributed by atoms with Gasteiger partial charge in [-0.2, -0.15) is 0 Å². The lowest BCUT2D eigenvalue weighted by molar-refractivity contribution is -0.142. The van der Waals surface area contributed by atoms with Crippen LogP contribution in [0.25, 0.3) is 0 Å². The molecular weight excluding hydrogens is 440 g/mol. The minimum atomic E-state index is -1.16. The average Bonchev–Trinajstić information content (AvgIpc) is 2.73. The smallest absolute Gasteiger partial charge is 0.326 e. The third-order valence-corrected chi connectivity index (χ3v) is 5.06. The Morgan fingerprint density at radius 3 is 1.82 bits per heavy atom. The van der Waals surface area contributed by atoms with Crippen molar-refractivity contribution >= 4 is 23.7 Å². The van der Waals surface area contributed by atoms with Gasteiger partial charge in [0.05, 0.1) is 0 Å². The molecule has 0 unspecified atom stereocenters. The van der Waals surface area contributed by atoms with Gasteiger partial charge in [-0.05, 0) is 42.4 Å². The van der Waals surface area contributed by atoms with E-state index >= 15 is 0 Å². The molecule has 0 aliphatic heterocycles. The van der Waals surface area contributed by atoms with Crippen LogP contribution in [0.4, 0.5) is 0 Å². The Labute approximate surface area is 200 Å². The fourth-order valence-electron chi connectivity index (χ4n) is 3.42. The molecule has 0 aliphatic rings. The molecule has 3 amide bonds. The van der Waals surface area contributed by atoms with E-state index in [1.54, 1.807) is 12.1 Å². The number of carbonyl (C=O) groups is 4. The van der Waals surface area contributed by atoms with Crippen molar-refractivity contribution in [1.82, 2.24) is 16.0 Å². The quantitative estimate of drug-likeness (QED) is 0.231. The van der Waals surface area contributed by atoms with Gasteiger partial charge < -0.3 is 31.9 Å². The van der Waals surface area contributed by atoms with Crippen LogP contribution < -0.4 is 21.7 Å². The number of carboxylic acids is 1. The molecule has 1 aromatic carbocycles. The molecule has 1 aromatic rings. The van der Waals surface area contributed by atoms with E-state index in [2.05, 4.69) is 16.0 Å². The van der Waals surface area contributed by atoms with Gasteiger partial charge in [-0.3, -0.25) is 14.4 Å². The number of nitrogens with two attached hydrogens (primary N) is 1. The van der Waals surface area contributed by atoms with Crippen molar-refractivity contribution < 1.29 is 29.4 Å². The standard InChI is InChI=1S/C24H38N4O6/c1-14(2)11-18(26-21(30)9-10-25)22(31)27-19(13-16-5-7-17(29)8-6-16)23(32)28-20(24(33)34)12-15(3)4/h5-8,14-15,18-20,29H,9-13,25H2,1-4H3,(H,26,30)(H,27,31)(H,28,32)(H,33,34)/t18-,19-,20-/m0/s1. The van der Waals surface area contributed by atoms with Gasteiger partial charge in [0.1, 0.15) is 23.9 Å². The number of hydrogen-bond donors (Lipinski definition) is 6. The molecule has 0 radical (unpaired) electrons. The van der Waals surface area contributed by atoms with Gasteiger partial charge in [-0.25, -0.2) is 4.79 Å². The number of aliphatic carboxylic acids is 1. The summed E-state index contributed by atoms with van der Waals surface area (Å²) in [6.45, 7) is 7.63. The number of benzene rings is 1. The zero-order valence-electron chi connectivity index (χ0n) is 20.3. The molecule has 10 heteroatoms. The van der Waals surface area contributed by atoms with Crippen LogP contribution in [0.3, 0.4) is 0 Å². The lowest BCUT2D eigenvalue weighted by Crippen LogP contribution is -2.56. The van der Waals surface area contributed by atoms with Crippen LogP contribution in [0.5, 0.6) is 5.75 Å². The predicted molar refractivity (Wildman–Crippen MR) is 128 cm³/mol. The topological polar surface area (TPSA) is 171 Å². The van der Waals surface area contributed by atoms with Crippen molar-refractivity contribution in [3.05, 3.63) is 29.8 Å². The van der Waals surface area contributed by atoms with Gasteiger partial charge in [0.25, 0.3) is 0 Å². The Balaban J connectivity index is 3.12. The number of carboxylic acid groups (broad SMARTS) is 1. The minimum absolute atomic E-state index is 0.0275. The monoisotopic (exact) mass is 478 g/mol. The maximum Gasteiger partial charge on any atom is 0.326 e. The highest BCUT2D eigenvalue weighted by Crippen LogP contribution is 2.13. The highest BCUT2D eigenvalue weighted by atomic mass is 16.4. The van der Waals surface area contributed by atoms with Crippen LogP contribution in [0.1, 0.15) is 52.5 Å². The molecule has 10 nitrogen and oxygen atoms in total. The van der Waals surface area contributed by atoms with E-state index in [0.717, 1.165) is 0 Å². The van der Waals surface area contributed by atoms with Crippen molar-refractivity contribution in [2.24, 2.45) is 17.6 Å².